The maximum atomic E-state index is 11.6. The minimum Gasteiger partial charge on any atom is -0.456 e. The smallest absolute Gasteiger partial charge is 0.384 e. The average Bonchev–Trinajstić information content (AvgIpc) is 2.99. The van der Waals surface area contributed by atoms with E-state index in [0.29, 0.717) is 0 Å². The Morgan fingerprint density at radius 2 is 1.77 bits per heavy atom. The number of ether oxygens (including phenoxy) is 3. The molecule has 1 aliphatic heterocycles. The van der Waals surface area contributed by atoms with Crippen molar-refractivity contribution in [2.45, 2.75) is 89.9 Å². The molecule has 1 aliphatic rings. The van der Waals surface area contributed by atoms with Gasteiger partial charge in [-0.2, -0.15) is 0 Å². The van der Waals surface area contributed by atoms with E-state index in [4.69, 9.17) is 18.6 Å². The summed E-state index contributed by atoms with van der Waals surface area (Å²) < 4.78 is 23.9. The lowest BCUT2D eigenvalue weighted by Crippen LogP contribution is -2.47. The molecule has 1 saturated heterocycles. The highest BCUT2D eigenvalue weighted by atomic mass is 28.4. The second-order valence-electron chi connectivity index (χ2n) is 9.71. The summed E-state index contributed by atoms with van der Waals surface area (Å²) in [6.07, 6.45) is -3.12. The first kappa shape index (κ1) is 25.6. The van der Waals surface area contributed by atoms with Gasteiger partial charge in [0.1, 0.15) is 18.3 Å². The summed E-state index contributed by atoms with van der Waals surface area (Å²) in [4.78, 5) is 11.6. The van der Waals surface area contributed by atoms with Crippen LogP contribution in [0.3, 0.4) is 0 Å². The Morgan fingerprint density at radius 1 is 1.19 bits per heavy atom. The molecule has 1 aromatic rings. The maximum absolute atomic E-state index is 11.6. The lowest BCUT2D eigenvalue weighted by molar-refractivity contribution is -0.158. The molecular formula is C24H36O6Si. The van der Waals surface area contributed by atoms with Gasteiger partial charge in [-0.15, -0.1) is 0 Å². The van der Waals surface area contributed by atoms with Crippen molar-refractivity contribution in [1.82, 2.24) is 0 Å². The van der Waals surface area contributed by atoms with E-state index in [1.165, 1.54) is 0 Å². The molecule has 0 radical (unpaired) electrons. The van der Waals surface area contributed by atoms with Gasteiger partial charge in [0, 0.05) is 5.92 Å². The molecule has 1 heterocycles. The molecule has 4 atom stereocenters. The zero-order valence-electron chi connectivity index (χ0n) is 19.9. The van der Waals surface area contributed by atoms with Crippen molar-refractivity contribution in [2.75, 3.05) is 6.61 Å². The van der Waals surface area contributed by atoms with E-state index in [9.17, 15) is 9.90 Å². The monoisotopic (exact) mass is 448 g/mol. The van der Waals surface area contributed by atoms with Crippen LogP contribution in [0.5, 0.6) is 0 Å². The van der Waals surface area contributed by atoms with Gasteiger partial charge >= 0.3 is 5.97 Å². The molecule has 0 saturated carbocycles. The lowest BCUT2D eigenvalue weighted by atomic mass is 9.97. The van der Waals surface area contributed by atoms with Gasteiger partial charge < -0.3 is 23.7 Å². The van der Waals surface area contributed by atoms with E-state index in [0.717, 1.165) is 5.56 Å². The fourth-order valence-electron chi connectivity index (χ4n) is 3.14. The van der Waals surface area contributed by atoms with Crippen LogP contribution >= 0.6 is 0 Å². The highest BCUT2D eigenvalue weighted by molar-refractivity contribution is 6.74. The van der Waals surface area contributed by atoms with E-state index in [-0.39, 0.29) is 11.6 Å². The number of hydrogen-bond acceptors (Lipinski definition) is 6. The average molecular weight is 449 g/mol. The van der Waals surface area contributed by atoms with E-state index in [1.807, 2.05) is 30.3 Å². The molecule has 1 aromatic carbocycles. The zero-order valence-corrected chi connectivity index (χ0v) is 20.9. The third kappa shape index (κ3) is 6.64. The highest BCUT2D eigenvalue weighted by Gasteiger charge is 2.51. The largest absolute Gasteiger partial charge is 0.456 e. The second-order valence-corrected chi connectivity index (χ2v) is 14.5. The normalized spacial score (nSPS) is 22.9. The van der Waals surface area contributed by atoms with Crippen LogP contribution in [0.2, 0.25) is 18.1 Å². The van der Waals surface area contributed by atoms with Crippen LogP contribution < -0.4 is 0 Å². The maximum Gasteiger partial charge on any atom is 0.384 e. The molecule has 0 unspecified atom stereocenters. The van der Waals surface area contributed by atoms with Gasteiger partial charge in [-0.25, -0.2) is 4.79 Å². The van der Waals surface area contributed by atoms with E-state index >= 15 is 0 Å². The zero-order chi connectivity index (χ0) is 23.4. The van der Waals surface area contributed by atoms with Gasteiger partial charge in [0.25, 0.3) is 0 Å². The molecular weight excluding hydrogens is 412 g/mol. The van der Waals surface area contributed by atoms with Crippen LogP contribution in [0.4, 0.5) is 0 Å². The predicted octanol–water partition coefficient (Wildman–Crippen LogP) is 4.20. The molecule has 0 amide bonds. The minimum atomic E-state index is -2.20. The van der Waals surface area contributed by atoms with Gasteiger partial charge in [-0.05, 0) is 44.5 Å². The van der Waals surface area contributed by atoms with E-state index in [1.54, 1.807) is 20.8 Å². The molecule has 1 N–H and O–H groups in total. The number of carbonyl (C=O) groups excluding carboxylic acids is 1. The molecule has 0 bridgehead atoms. The van der Waals surface area contributed by atoms with Crippen molar-refractivity contribution >= 4 is 14.3 Å². The molecule has 0 aromatic heterocycles. The molecule has 2 rings (SSSR count). The fraction of sp³-hybridized carbons (Fsp3) is 0.625. The summed E-state index contributed by atoms with van der Waals surface area (Å²) in [6, 6.07) is 9.81. The molecule has 1 fully saturated rings. The number of benzene rings is 1. The first-order valence-corrected chi connectivity index (χ1v) is 13.6. The first-order chi connectivity index (χ1) is 14.3. The minimum absolute atomic E-state index is 0.0210. The molecule has 0 aliphatic carbocycles. The Kier molecular flexibility index (Phi) is 8.12. The van der Waals surface area contributed by atoms with Crippen molar-refractivity contribution in [3.63, 3.8) is 0 Å². The van der Waals surface area contributed by atoms with Crippen molar-refractivity contribution in [1.29, 1.82) is 0 Å². The number of carbonyl (C=O) groups is 1. The summed E-state index contributed by atoms with van der Waals surface area (Å²) in [5.41, 5.74) is 0.939. The Hall–Kier alpha value is -1.69. The molecule has 31 heavy (non-hydrogen) atoms. The summed E-state index contributed by atoms with van der Waals surface area (Å²) >= 11 is 0. The summed E-state index contributed by atoms with van der Waals surface area (Å²) in [5, 5.41) is 10.8. The standard InChI is InChI=1S/C24H36O6Si/c1-9-27-19(26)16-15-18(25)21-22(29-24(5,6)28-21)20(17-13-11-10-12-14-17)30-31(7,8)23(2,3)4/h10-14,18,20-22,25H,9H2,1-8H3/t18-,20-,21-,22+/m0/s1. The van der Waals surface area contributed by atoms with Crippen molar-refractivity contribution < 1.29 is 28.5 Å². The van der Waals surface area contributed by atoms with Gasteiger partial charge in [-0.1, -0.05) is 57.0 Å². The van der Waals surface area contributed by atoms with Crippen molar-refractivity contribution in [3.8, 4) is 11.8 Å². The quantitative estimate of drug-likeness (QED) is 0.304. The molecule has 0 spiro atoms. The van der Waals surface area contributed by atoms with Crippen LogP contribution in [0, 0.1) is 11.8 Å². The number of esters is 1. The van der Waals surface area contributed by atoms with Gasteiger partial charge in [0.2, 0.25) is 0 Å². The number of hydrogen-bond donors (Lipinski definition) is 1. The SMILES string of the molecule is CCOC(=O)C#C[C@H](O)[C@@H]1OC(C)(C)O[C@@H]1[C@@H](O[Si](C)(C)C(C)(C)C)c1ccccc1. The van der Waals surface area contributed by atoms with Gasteiger partial charge in [0.05, 0.1) is 12.7 Å². The van der Waals surface area contributed by atoms with E-state index in [2.05, 4.69) is 45.7 Å². The van der Waals surface area contributed by atoms with Gasteiger partial charge in [-0.3, -0.25) is 0 Å². The molecule has 7 heteroatoms. The fourth-order valence-corrected chi connectivity index (χ4v) is 4.40. The summed E-state index contributed by atoms with van der Waals surface area (Å²) in [5.74, 6) is 3.26. The Balaban J connectivity index is 2.42. The molecule has 172 valence electrons. The molecule has 6 nitrogen and oxygen atoms in total. The lowest BCUT2D eigenvalue weighted by Gasteiger charge is -2.41. The Morgan fingerprint density at radius 3 is 2.32 bits per heavy atom. The van der Waals surface area contributed by atoms with E-state index < -0.39 is 44.5 Å². The number of aliphatic hydroxyl groups is 1. The Bertz CT molecular complexity index is 803. The van der Waals surface area contributed by atoms with Crippen molar-refractivity contribution in [2.24, 2.45) is 0 Å². The topological polar surface area (TPSA) is 74.2 Å². The van der Waals surface area contributed by atoms with Crippen LogP contribution in [0.25, 0.3) is 0 Å². The predicted molar refractivity (Wildman–Crippen MR) is 122 cm³/mol. The highest BCUT2D eigenvalue weighted by Crippen LogP contribution is 2.44. The summed E-state index contributed by atoms with van der Waals surface area (Å²) in [6.45, 7) is 16.4. The third-order valence-electron chi connectivity index (χ3n) is 5.73. The third-order valence-corrected chi connectivity index (χ3v) is 10.2. The van der Waals surface area contributed by atoms with Gasteiger partial charge in [0.15, 0.2) is 14.1 Å². The first-order valence-electron chi connectivity index (χ1n) is 10.7. The second kappa shape index (κ2) is 9.84. The van der Waals surface area contributed by atoms with Crippen LogP contribution in [-0.4, -0.2) is 50.1 Å². The van der Waals surface area contributed by atoms with Crippen LogP contribution in [0.1, 0.15) is 53.2 Å². The number of rotatable bonds is 6. The number of aliphatic hydroxyl groups excluding tert-OH is 1. The summed E-state index contributed by atoms with van der Waals surface area (Å²) in [7, 11) is -2.20. The Labute approximate surface area is 187 Å². The van der Waals surface area contributed by atoms with Crippen LogP contribution in [0.15, 0.2) is 30.3 Å². The van der Waals surface area contributed by atoms with Crippen LogP contribution in [-0.2, 0) is 23.4 Å². The van der Waals surface area contributed by atoms with Crippen molar-refractivity contribution in [3.05, 3.63) is 35.9 Å².